The van der Waals surface area contributed by atoms with Gasteiger partial charge in [0, 0.05) is 65.8 Å². The van der Waals surface area contributed by atoms with E-state index in [1.165, 1.54) is 38.3 Å². The van der Waals surface area contributed by atoms with Crippen LogP contribution in [0.1, 0.15) is 151 Å². The van der Waals surface area contributed by atoms with Crippen molar-refractivity contribution in [3.8, 4) is 0 Å². The Labute approximate surface area is 569 Å². The first kappa shape index (κ1) is 81.7. The van der Waals surface area contributed by atoms with Crippen LogP contribution in [-0.2, 0) is 59.2 Å². The molecule has 25 nitrogen and oxygen atoms in total. The van der Waals surface area contributed by atoms with Gasteiger partial charge in [0.2, 0.25) is 35.4 Å². The predicted octanol–water partition coefficient (Wildman–Crippen LogP) is 6.48. The molecule has 2 aliphatic rings. The third kappa shape index (κ3) is 24.1. The van der Waals surface area contributed by atoms with Gasteiger partial charge in [-0.15, -0.1) is 0 Å². The zero-order valence-corrected chi connectivity index (χ0v) is 58.7. The molecule has 97 heavy (non-hydrogen) atoms. The lowest BCUT2D eigenvalue weighted by Crippen LogP contribution is -2.60. The first-order chi connectivity index (χ1) is 45.7. The molecule has 2 aromatic rings. The summed E-state index contributed by atoms with van der Waals surface area (Å²) >= 11 is 0. The molecule has 9 N–H and O–H groups in total. The van der Waals surface area contributed by atoms with Gasteiger partial charge in [-0.25, -0.2) is 9.59 Å². The number of ether oxygens (including phenoxy) is 3. The van der Waals surface area contributed by atoms with Crippen LogP contribution in [-0.4, -0.2) is 199 Å². The molecule has 542 valence electrons. The summed E-state index contributed by atoms with van der Waals surface area (Å²) in [6, 6.07) is 5.54. The highest BCUT2D eigenvalue weighted by atomic mass is 19.4. The number of nitrogens with zero attached hydrogens (tertiary/aromatic N) is 4. The Hall–Kier alpha value is -7.69. The molecular weight excluding hydrogens is 1260 g/mol. The predicted molar refractivity (Wildman–Crippen MR) is 358 cm³/mol. The van der Waals surface area contributed by atoms with Crippen LogP contribution in [0.15, 0.2) is 66.7 Å². The van der Waals surface area contributed by atoms with Crippen LogP contribution < -0.4 is 37.6 Å². The fraction of sp³-hybridized carbons (Fsp3) is 0.652. The number of methoxy groups -OCH3 is 2. The summed E-state index contributed by atoms with van der Waals surface area (Å²) in [6.45, 7) is 17.7. The van der Waals surface area contributed by atoms with Gasteiger partial charge in [-0.1, -0.05) is 124 Å². The number of carbonyl (C=O) groups is 10. The highest BCUT2D eigenvalue weighted by molar-refractivity contribution is 6.12. The molecule has 2 heterocycles. The Morgan fingerprint density at radius 1 is 0.732 bits per heavy atom. The Balaban J connectivity index is 1.40. The maximum absolute atomic E-state index is 14.8. The van der Waals surface area contributed by atoms with Gasteiger partial charge >= 0.3 is 18.3 Å². The number of hydrogen-bond acceptors (Lipinski definition) is 15. The lowest BCUT2D eigenvalue weighted by Gasteiger charge is -2.41. The van der Waals surface area contributed by atoms with Crippen LogP contribution in [0.25, 0.3) is 0 Å². The normalized spacial score (nSPS) is 17.8. The summed E-state index contributed by atoms with van der Waals surface area (Å²) in [7, 11) is 6.00. The number of rotatable bonds is 39. The van der Waals surface area contributed by atoms with Gasteiger partial charge in [0.25, 0.3) is 11.8 Å². The second-order valence-corrected chi connectivity index (χ2v) is 26.5. The lowest BCUT2D eigenvalue weighted by molar-refractivity contribution is -0.161. The third-order valence-corrected chi connectivity index (χ3v) is 18.3. The molecule has 1 saturated heterocycles. The molecular formula is C69H106F3N11O14. The quantitative estimate of drug-likeness (QED) is 0.0262. The van der Waals surface area contributed by atoms with Crippen LogP contribution >= 0.6 is 0 Å². The number of aliphatic hydroxyl groups is 1. The zero-order chi connectivity index (χ0) is 72.6. The largest absolute Gasteiger partial charge is 0.445 e. The third-order valence-electron chi connectivity index (χ3n) is 18.3. The van der Waals surface area contributed by atoms with Crippen LogP contribution in [0.3, 0.4) is 0 Å². The number of amides is 11. The average molecular weight is 1370 g/mol. The molecule has 0 bridgehead atoms. The molecule has 0 spiro atoms. The summed E-state index contributed by atoms with van der Waals surface area (Å²) in [6.07, 6.45) is -3.80. The maximum atomic E-state index is 14.8. The van der Waals surface area contributed by atoms with Crippen LogP contribution in [0.2, 0.25) is 0 Å². The smallest absolute Gasteiger partial charge is 0.410 e. The second kappa shape index (κ2) is 39.0. The van der Waals surface area contributed by atoms with Gasteiger partial charge in [-0.3, -0.25) is 53.5 Å². The van der Waals surface area contributed by atoms with E-state index in [4.69, 9.17) is 19.9 Å². The van der Waals surface area contributed by atoms with Gasteiger partial charge in [-0.2, -0.15) is 13.2 Å². The number of halogens is 3. The van der Waals surface area contributed by atoms with Crippen molar-refractivity contribution in [1.29, 1.82) is 0 Å². The summed E-state index contributed by atoms with van der Waals surface area (Å²) in [5.74, 6) is -6.75. The van der Waals surface area contributed by atoms with Crippen molar-refractivity contribution < 1.29 is 80.4 Å². The Kier molecular flexibility index (Phi) is 32.9. The van der Waals surface area contributed by atoms with E-state index in [0.717, 1.165) is 22.0 Å². The lowest BCUT2D eigenvalue weighted by atomic mass is 9.89. The number of carbonyl (C=O) groups excluding carboxylic acids is 10. The number of nitrogens with one attached hydrogen (secondary N) is 6. The monoisotopic (exact) mass is 1370 g/mol. The molecule has 4 rings (SSSR count). The molecule has 13 unspecified atom stereocenters. The van der Waals surface area contributed by atoms with Crippen LogP contribution in [0.4, 0.5) is 28.4 Å². The van der Waals surface area contributed by atoms with Gasteiger partial charge in [-0.05, 0) is 92.4 Å². The molecule has 0 aliphatic carbocycles. The molecule has 2 aromatic carbocycles. The molecule has 1 fully saturated rings. The van der Waals surface area contributed by atoms with Gasteiger partial charge in [0.15, 0.2) is 0 Å². The van der Waals surface area contributed by atoms with E-state index in [0.29, 0.717) is 36.9 Å². The number of nitrogens with two attached hydrogens (primary N) is 1. The maximum Gasteiger partial charge on any atom is 0.410 e. The number of hydrogen-bond donors (Lipinski definition) is 8. The fourth-order valence-corrected chi connectivity index (χ4v) is 12.5. The highest BCUT2D eigenvalue weighted by Crippen LogP contribution is 2.31. The Morgan fingerprint density at radius 3 is 1.92 bits per heavy atom. The van der Waals surface area contributed by atoms with E-state index in [-0.39, 0.29) is 81.6 Å². The van der Waals surface area contributed by atoms with Gasteiger partial charge in [0.1, 0.15) is 30.8 Å². The summed E-state index contributed by atoms with van der Waals surface area (Å²) in [4.78, 5) is 139. The minimum atomic E-state index is -4.76. The van der Waals surface area contributed by atoms with Crippen molar-refractivity contribution in [2.24, 2.45) is 35.3 Å². The number of aliphatic hydroxyl groups excluding tert-OH is 1. The summed E-state index contributed by atoms with van der Waals surface area (Å²) in [5, 5.41) is 27.0. The van der Waals surface area contributed by atoms with E-state index >= 15 is 0 Å². The van der Waals surface area contributed by atoms with Crippen molar-refractivity contribution in [1.82, 2.24) is 46.2 Å². The van der Waals surface area contributed by atoms with E-state index in [9.17, 15) is 66.2 Å². The topological polar surface area (TPSA) is 330 Å². The fourth-order valence-electron chi connectivity index (χ4n) is 12.5. The average Bonchev–Trinajstić information content (AvgIpc) is 1.80. The van der Waals surface area contributed by atoms with Gasteiger partial charge in [0.05, 0.1) is 54.8 Å². The van der Waals surface area contributed by atoms with Crippen molar-refractivity contribution >= 4 is 65.1 Å². The Bertz CT molecular complexity index is 2940. The number of alkyl halides is 3. The first-order valence-corrected chi connectivity index (χ1v) is 33.6. The van der Waals surface area contributed by atoms with E-state index in [1.807, 2.05) is 32.0 Å². The number of likely N-dealkylation sites (tertiary alicyclic amines) is 1. The SMILES string of the molecule is CCC(C)C(C(CC(=O)N1CCCC1C(OC)C(C)C(=O)NC(C)C(O)c1ccccc1)OC)N(C)C(=O)C(NC(=O)C(C(C)C)N(C)C(=O)OCc1ccc(NC(=O)C(CCCNC(N)=O)NC(=O)C(NC(CCCCCN2C(=O)C=CC2=O)C(F)(F)F)C(C)C)cc1)C(C)C. The Morgan fingerprint density at radius 2 is 1.36 bits per heavy atom. The minimum Gasteiger partial charge on any atom is -0.445 e. The number of urea groups is 1. The molecule has 11 amide bonds. The van der Waals surface area contributed by atoms with Crippen molar-refractivity contribution in [3.63, 3.8) is 0 Å². The van der Waals surface area contributed by atoms with Crippen LogP contribution in [0.5, 0.6) is 0 Å². The van der Waals surface area contributed by atoms with Gasteiger partial charge < -0.3 is 61.4 Å². The molecule has 0 aromatic heterocycles. The van der Waals surface area contributed by atoms with E-state index in [2.05, 4.69) is 31.9 Å². The number of anilines is 1. The minimum absolute atomic E-state index is 0.0178. The standard InChI is InChI=1S/C69H106F3N11O14/c1-15-43(8)59(51(95-13)38-55(86)82-37-23-27-50(82)61(96-14)44(9)62(88)75-45(10)60(87)47-24-18-16-19-25-47)80(11)66(92)57(41(4)5)79-65(91)58(42(6)7)81(12)68(94)97-39-46-29-31-48(32-30-46)76-63(89)49(26-22-35-74-67(73)93)77-64(90)56(40(2)3)78-52(69(70,71)72)28-20-17-21-36-83-53(84)33-34-54(83)85/h16,18-19,24-25,29-34,40-45,49-52,56-61,78,87H,15,17,20-23,26-28,35-39H2,1-14H3,(H,75,88)(H,76,89)(H,77,90)(H,79,91)(H3,73,74,93). The van der Waals surface area contributed by atoms with Crippen molar-refractivity contribution in [3.05, 3.63) is 77.9 Å². The van der Waals surface area contributed by atoms with E-state index in [1.54, 1.807) is 91.6 Å². The molecule has 2 aliphatic heterocycles. The molecule has 28 heteroatoms. The first-order valence-electron chi connectivity index (χ1n) is 33.6. The van der Waals surface area contributed by atoms with E-state index < -0.39 is 150 Å². The number of likely N-dealkylation sites (N-methyl/N-ethyl adjacent to an activating group) is 2. The highest BCUT2D eigenvalue weighted by Gasteiger charge is 2.45. The van der Waals surface area contributed by atoms with Crippen molar-refractivity contribution in [2.45, 2.75) is 213 Å². The number of imide groups is 1. The number of unbranched alkanes of at least 4 members (excludes halogenated alkanes) is 2. The number of primary amides is 1. The van der Waals surface area contributed by atoms with Crippen molar-refractivity contribution in [2.75, 3.05) is 53.3 Å². The summed E-state index contributed by atoms with van der Waals surface area (Å²) in [5.41, 5.74) is 6.58. The zero-order valence-electron chi connectivity index (χ0n) is 58.7. The molecule has 0 radical (unpaired) electrons. The molecule has 13 atom stereocenters. The number of benzene rings is 2. The summed E-state index contributed by atoms with van der Waals surface area (Å²) < 4.78 is 61.0. The molecule has 0 saturated carbocycles. The van der Waals surface area contributed by atoms with Crippen LogP contribution in [0, 0.1) is 29.6 Å². The second-order valence-electron chi connectivity index (χ2n) is 26.5.